The molecule has 0 unspecified atom stereocenters. The Morgan fingerprint density at radius 3 is 2.33 bits per heavy atom. The number of thiocarbonyl (C=S) groups is 1. The van der Waals surface area contributed by atoms with E-state index in [9.17, 15) is 4.39 Å². The summed E-state index contributed by atoms with van der Waals surface area (Å²) in [5.41, 5.74) is 0.747. The van der Waals surface area contributed by atoms with Crippen LogP contribution in [0.4, 0.5) is 4.39 Å². The van der Waals surface area contributed by atoms with E-state index in [1.807, 2.05) is 0 Å². The topological polar surface area (TPSA) is 29.3 Å². The van der Waals surface area contributed by atoms with Gasteiger partial charge in [-0.2, -0.15) is 0 Å². The molecule has 0 radical (unpaired) electrons. The molecule has 12 heavy (non-hydrogen) atoms. The second-order valence-electron chi connectivity index (χ2n) is 2.42. The molecule has 0 bridgehead atoms. The molecule has 2 nitrogen and oxygen atoms in total. The lowest BCUT2D eigenvalue weighted by atomic mass is 10.2. The molecule has 0 fully saturated rings. The first-order valence-electron chi connectivity index (χ1n) is 3.39. The van der Waals surface area contributed by atoms with Gasteiger partial charge in [0.25, 0.3) is 0 Å². The largest absolute Gasteiger partial charge is 0.304 e. The van der Waals surface area contributed by atoms with E-state index < -0.39 is 0 Å². The third-order valence-electron chi connectivity index (χ3n) is 1.41. The van der Waals surface area contributed by atoms with E-state index in [1.54, 1.807) is 19.2 Å². The molecule has 0 aliphatic rings. The van der Waals surface area contributed by atoms with Crippen molar-refractivity contribution >= 4 is 17.2 Å². The summed E-state index contributed by atoms with van der Waals surface area (Å²) in [6.07, 6.45) is 0. The Morgan fingerprint density at radius 1 is 1.42 bits per heavy atom. The van der Waals surface area contributed by atoms with Crippen LogP contribution >= 0.6 is 12.2 Å². The molecule has 0 saturated heterocycles. The highest BCUT2D eigenvalue weighted by Crippen LogP contribution is 2.04. The molecule has 0 aliphatic heterocycles. The summed E-state index contributed by atoms with van der Waals surface area (Å²) < 4.78 is 12.5. The number of rotatable bonds is 1. The zero-order chi connectivity index (χ0) is 9.14. The summed E-state index contributed by atoms with van der Waals surface area (Å²) in [6.45, 7) is 0. The van der Waals surface area contributed by atoms with Gasteiger partial charge in [-0.3, -0.25) is 0 Å². The van der Waals surface area contributed by atoms with Crippen LogP contribution in [0, 0.1) is 5.82 Å². The zero-order valence-electron chi connectivity index (χ0n) is 6.62. The molecule has 0 aromatic heterocycles. The standard InChI is InChI=1S/C8H9FN2S/c1-11(10)8(12)6-2-4-7(9)5-3-6/h2-5H,10H2,1H3. The Bertz CT molecular complexity index is 282. The van der Waals surface area contributed by atoms with Gasteiger partial charge in [0.05, 0.1) is 0 Å². The van der Waals surface area contributed by atoms with Crippen LogP contribution < -0.4 is 5.84 Å². The fraction of sp³-hybridized carbons (Fsp3) is 0.125. The first-order chi connectivity index (χ1) is 5.61. The minimum absolute atomic E-state index is 0.277. The fourth-order valence-electron chi connectivity index (χ4n) is 0.796. The molecule has 0 saturated carbocycles. The highest BCUT2D eigenvalue weighted by molar-refractivity contribution is 7.80. The van der Waals surface area contributed by atoms with E-state index >= 15 is 0 Å². The van der Waals surface area contributed by atoms with Gasteiger partial charge in [-0.15, -0.1) is 0 Å². The number of hydrogen-bond donors (Lipinski definition) is 1. The predicted octanol–water partition coefficient (Wildman–Crippen LogP) is 1.31. The van der Waals surface area contributed by atoms with Gasteiger partial charge in [-0.25, -0.2) is 10.2 Å². The molecule has 1 rings (SSSR count). The average molecular weight is 184 g/mol. The highest BCUT2D eigenvalue weighted by atomic mass is 32.1. The summed E-state index contributed by atoms with van der Waals surface area (Å²) in [7, 11) is 1.64. The van der Waals surface area contributed by atoms with Gasteiger partial charge in [0.2, 0.25) is 0 Å². The third-order valence-corrected chi connectivity index (χ3v) is 1.94. The van der Waals surface area contributed by atoms with Crippen molar-refractivity contribution in [3.63, 3.8) is 0 Å². The van der Waals surface area contributed by atoms with Crippen LogP contribution in [0.15, 0.2) is 24.3 Å². The van der Waals surface area contributed by atoms with Gasteiger partial charge in [0.15, 0.2) is 0 Å². The Hall–Kier alpha value is -1.00. The number of nitrogens with zero attached hydrogens (tertiary/aromatic N) is 1. The van der Waals surface area contributed by atoms with E-state index in [-0.39, 0.29) is 5.82 Å². The van der Waals surface area contributed by atoms with Gasteiger partial charge in [0.1, 0.15) is 10.8 Å². The quantitative estimate of drug-likeness (QED) is 0.405. The molecule has 2 N–H and O–H groups in total. The lowest BCUT2D eigenvalue weighted by molar-refractivity contribution is 0.550. The van der Waals surface area contributed by atoms with E-state index in [1.165, 1.54) is 17.1 Å². The average Bonchev–Trinajstić information content (AvgIpc) is 2.04. The van der Waals surface area contributed by atoms with Crippen molar-refractivity contribution in [2.75, 3.05) is 7.05 Å². The van der Waals surface area contributed by atoms with Crippen LogP contribution in [-0.2, 0) is 0 Å². The number of halogens is 1. The van der Waals surface area contributed by atoms with E-state index in [4.69, 9.17) is 18.1 Å². The zero-order valence-corrected chi connectivity index (χ0v) is 7.44. The van der Waals surface area contributed by atoms with Crippen LogP contribution in [0.1, 0.15) is 5.56 Å². The molecule has 0 atom stereocenters. The van der Waals surface area contributed by atoms with E-state index in [2.05, 4.69) is 0 Å². The van der Waals surface area contributed by atoms with Gasteiger partial charge in [-0.05, 0) is 24.3 Å². The third kappa shape index (κ3) is 1.99. The maximum absolute atomic E-state index is 12.5. The maximum atomic E-state index is 12.5. The molecule has 0 aliphatic carbocycles. The minimum atomic E-state index is -0.277. The van der Waals surface area contributed by atoms with Crippen molar-refractivity contribution in [2.24, 2.45) is 5.84 Å². The Balaban J connectivity index is 2.90. The molecule has 0 spiro atoms. The predicted molar refractivity (Wildman–Crippen MR) is 50.1 cm³/mol. The Labute approximate surface area is 75.8 Å². The molecule has 0 heterocycles. The van der Waals surface area contributed by atoms with Gasteiger partial charge in [-0.1, -0.05) is 12.2 Å². The van der Waals surface area contributed by atoms with Crippen LogP contribution in [0.25, 0.3) is 0 Å². The summed E-state index contributed by atoms with van der Waals surface area (Å²) in [6, 6.07) is 5.90. The van der Waals surface area contributed by atoms with Crippen molar-refractivity contribution < 1.29 is 4.39 Å². The van der Waals surface area contributed by atoms with E-state index in [0.29, 0.717) is 4.99 Å². The summed E-state index contributed by atoms with van der Waals surface area (Å²) in [4.78, 5) is 0.495. The number of hydrazine groups is 1. The monoisotopic (exact) mass is 184 g/mol. The smallest absolute Gasteiger partial charge is 0.123 e. The van der Waals surface area contributed by atoms with Crippen molar-refractivity contribution in [1.82, 2.24) is 5.01 Å². The van der Waals surface area contributed by atoms with E-state index in [0.717, 1.165) is 5.56 Å². The van der Waals surface area contributed by atoms with Gasteiger partial charge in [0, 0.05) is 12.6 Å². The highest BCUT2D eigenvalue weighted by Gasteiger charge is 2.02. The van der Waals surface area contributed by atoms with Gasteiger partial charge < -0.3 is 5.01 Å². The molecule has 4 heteroatoms. The summed E-state index contributed by atoms with van der Waals surface area (Å²) >= 11 is 4.97. The second-order valence-corrected chi connectivity index (χ2v) is 2.81. The normalized spacial score (nSPS) is 9.58. The van der Waals surface area contributed by atoms with Crippen LogP contribution in [0.2, 0.25) is 0 Å². The molecular formula is C8H9FN2S. The van der Waals surface area contributed by atoms with Crippen LogP contribution in [0.5, 0.6) is 0 Å². The van der Waals surface area contributed by atoms with Crippen LogP contribution in [0.3, 0.4) is 0 Å². The number of hydrogen-bond acceptors (Lipinski definition) is 2. The maximum Gasteiger partial charge on any atom is 0.123 e. The Kier molecular flexibility index (Phi) is 2.73. The fourth-order valence-corrected chi connectivity index (χ4v) is 0.932. The summed E-state index contributed by atoms with van der Waals surface area (Å²) in [5.74, 6) is 5.13. The molecule has 64 valence electrons. The van der Waals surface area contributed by atoms with Crippen LogP contribution in [-0.4, -0.2) is 17.0 Å². The SMILES string of the molecule is CN(N)C(=S)c1ccc(F)cc1. The molecule has 1 aromatic rings. The first-order valence-corrected chi connectivity index (χ1v) is 3.80. The molecular weight excluding hydrogens is 175 g/mol. The van der Waals surface area contributed by atoms with Crippen molar-refractivity contribution in [2.45, 2.75) is 0 Å². The van der Waals surface area contributed by atoms with Crippen molar-refractivity contribution in [1.29, 1.82) is 0 Å². The summed E-state index contributed by atoms with van der Waals surface area (Å²) in [5, 5.41) is 1.32. The second kappa shape index (κ2) is 3.60. The number of benzene rings is 1. The lowest BCUT2D eigenvalue weighted by Crippen LogP contribution is -2.32. The lowest BCUT2D eigenvalue weighted by Gasteiger charge is -2.12. The van der Waals surface area contributed by atoms with Gasteiger partial charge >= 0.3 is 0 Å². The Morgan fingerprint density at radius 2 is 1.92 bits per heavy atom. The minimum Gasteiger partial charge on any atom is -0.304 e. The molecule has 0 amide bonds. The molecule has 1 aromatic carbocycles. The van der Waals surface area contributed by atoms with Crippen molar-refractivity contribution in [3.05, 3.63) is 35.6 Å². The van der Waals surface area contributed by atoms with Crippen molar-refractivity contribution in [3.8, 4) is 0 Å². The number of nitrogens with two attached hydrogens (primary N) is 1. The first kappa shape index (κ1) is 9.09.